The summed E-state index contributed by atoms with van der Waals surface area (Å²) in [6.07, 6.45) is 10.2. The van der Waals surface area contributed by atoms with Crippen molar-refractivity contribution in [2.45, 2.75) is 65.0 Å². The van der Waals surface area contributed by atoms with Gasteiger partial charge in [-0.05, 0) is 31.7 Å². The van der Waals surface area contributed by atoms with Gasteiger partial charge < -0.3 is 4.90 Å². The lowest BCUT2D eigenvalue weighted by Crippen LogP contribution is -2.38. The SMILES string of the molecule is CCCCCC(=O)N1CCC[C@H]1Cn1cc(C)cn1. The van der Waals surface area contributed by atoms with Crippen LogP contribution in [-0.2, 0) is 11.3 Å². The van der Waals surface area contributed by atoms with E-state index in [-0.39, 0.29) is 0 Å². The van der Waals surface area contributed by atoms with Crippen LogP contribution in [0.2, 0.25) is 0 Å². The molecule has 2 heterocycles. The Morgan fingerprint density at radius 3 is 3.00 bits per heavy atom. The van der Waals surface area contributed by atoms with Crippen LogP contribution < -0.4 is 0 Å². The van der Waals surface area contributed by atoms with Gasteiger partial charge >= 0.3 is 0 Å². The lowest BCUT2D eigenvalue weighted by atomic mass is 10.1. The summed E-state index contributed by atoms with van der Waals surface area (Å²) >= 11 is 0. The molecule has 0 spiro atoms. The van der Waals surface area contributed by atoms with E-state index in [1.54, 1.807) is 0 Å². The summed E-state index contributed by atoms with van der Waals surface area (Å²) in [5.74, 6) is 0.333. The van der Waals surface area contributed by atoms with E-state index >= 15 is 0 Å². The van der Waals surface area contributed by atoms with E-state index in [2.05, 4.69) is 23.1 Å². The molecule has 4 nitrogen and oxygen atoms in total. The average Bonchev–Trinajstić information content (AvgIpc) is 2.99. The van der Waals surface area contributed by atoms with E-state index in [0.29, 0.717) is 18.4 Å². The topological polar surface area (TPSA) is 38.1 Å². The summed E-state index contributed by atoms with van der Waals surface area (Å²) in [7, 11) is 0. The third-order valence-electron chi connectivity index (χ3n) is 3.85. The van der Waals surface area contributed by atoms with E-state index < -0.39 is 0 Å². The molecule has 1 aliphatic heterocycles. The molecular weight excluding hydrogens is 238 g/mol. The summed E-state index contributed by atoms with van der Waals surface area (Å²) in [6.45, 7) is 5.98. The van der Waals surface area contributed by atoms with Crippen LogP contribution >= 0.6 is 0 Å². The van der Waals surface area contributed by atoms with Gasteiger partial charge in [0.25, 0.3) is 0 Å². The normalized spacial score (nSPS) is 19.1. The number of aryl methyl sites for hydroxylation is 1. The fourth-order valence-electron chi connectivity index (χ4n) is 2.81. The van der Waals surface area contributed by atoms with Gasteiger partial charge in [0, 0.05) is 19.2 Å². The lowest BCUT2D eigenvalue weighted by molar-refractivity contribution is -0.132. The smallest absolute Gasteiger partial charge is 0.222 e. The maximum atomic E-state index is 12.2. The molecule has 0 aromatic carbocycles. The number of amides is 1. The van der Waals surface area contributed by atoms with Crippen molar-refractivity contribution in [1.82, 2.24) is 14.7 Å². The standard InChI is InChI=1S/C15H25N3O/c1-3-4-5-8-15(19)18-9-6-7-14(18)12-17-11-13(2)10-16-17/h10-11,14H,3-9,12H2,1-2H3/t14-/m0/s1. The predicted octanol–water partition coefficient (Wildman–Crippen LogP) is 2.76. The van der Waals surface area contributed by atoms with Crippen molar-refractivity contribution in [3.8, 4) is 0 Å². The van der Waals surface area contributed by atoms with Gasteiger partial charge in [0.15, 0.2) is 0 Å². The first-order valence-electron chi connectivity index (χ1n) is 7.49. The number of hydrogen-bond donors (Lipinski definition) is 0. The van der Waals surface area contributed by atoms with Gasteiger partial charge in [-0.1, -0.05) is 19.8 Å². The number of hydrogen-bond acceptors (Lipinski definition) is 2. The minimum Gasteiger partial charge on any atom is -0.338 e. The van der Waals surface area contributed by atoms with Crippen molar-refractivity contribution in [1.29, 1.82) is 0 Å². The van der Waals surface area contributed by atoms with Crippen LogP contribution in [0.5, 0.6) is 0 Å². The van der Waals surface area contributed by atoms with E-state index in [1.165, 1.54) is 12.0 Å². The Hall–Kier alpha value is -1.32. The Labute approximate surface area is 115 Å². The molecule has 1 saturated heterocycles. The molecule has 1 aromatic heterocycles. The van der Waals surface area contributed by atoms with Gasteiger partial charge in [0.1, 0.15) is 0 Å². The molecule has 1 fully saturated rings. The van der Waals surface area contributed by atoms with Crippen molar-refractivity contribution in [3.63, 3.8) is 0 Å². The molecular formula is C15H25N3O. The maximum absolute atomic E-state index is 12.2. The Kier molecular flexibility index (Phi) is 5.00. The summed E-state index contributed by atoms with van der Waals surface area (Å²) < 4.78 is 1.97. The molecule has 1 amide bonds. The highest BCUT2D eigenvalue weighted by atomic mass is 16.2. The van der Waals surface area contributed by atoms with Crippen LogP contribution in [0, 0.1) is 6.92 Å². The first-order valence-corrected chi connectivity index (χ1v) is 7.49. The predicted molar refractivity (Wildman–Crippen MR) is 75.8 cm³/mol. The monoisotopic (exact) mass is 263 g/mol. The fraction of sp³-hybridized carbons (Fsp3) is 0.733. The van der Waals surface area contributed by atoms with Crippen LogP contribution in [0.25, 0.3) is 0 Å². The van der Waals surface area contributed by atoms with Crippen molar-refractivity contribution in [2.24, 2.45) is 0 Å². The van der Waals surface area contributed by atoms with Crippen LogP contribution in [-0.4, -0.2) is 33.2 Å². The molecule has 4 heteroatoms. The van der Waals surface area contributed by atoms with Crippen LogP contribution in [0.1, 0.15) is 51.0 Å². The Bertz CT molecular complexity index is 413. The number of likely N-dealkylation sites (tertiary alicyclic amines) is 1. The number of unbranched alkanes of at least 4 members (excludes halogenated alkanes) is 2. The lowest BCUT2D eigenvalue weighted by Gasteiger charge is -2.24. The second-order valence-corrected chi connectivity index (χ2v) is 5.58. The number of rotatable bonds is 6. The molecule has 2 rings (SSSR count). The molecule has 0 bridgehead atoms. The summed E-state index contributed by atoms with van der Waals surface area (Å²) in [4.78, 5) is 14.3. The van der Waals surface area contributed by atoms with Crippen LogP contribution in [0.3, 0.4) is 0 Å². The molecule has 0 unspecified atom stereocenters. The minimum atomic E-state index is 0.333. The first kappa shape index (κ1) is 14.1. The van der Waals surface area contributed by atoms with Gasteiger partial charge in [-0.15, -0.1) is 0 Å². The van der Waals surface area contributed by atoms with E-state index in [0.717, 1.165) is 38.8 Å². The Morgan fingerprint density at radius 2 is 2.32 bits per heavy atom. The van der Waals surface area contributed by atoms with Crippen molar-refractivity contribution in [3.05, 3.63) is 18.0 Å². The number of nitrogens with zero attached hydrogens (tertiary/aromatic N) is 3. The molecule has 0 N–H and O–H groups in total. The zero-order chi connectivity index (χ0) is 13.7. The number of carbonyl (C=O) groups excluding carboxylic acids is 1. The second kappa shape index (κ2) is 6.73. The maximum Gasteiger partial charge on any atom is 0.222 e. The molecule has 0 radical (unpaired) electrons. The molecule has 0 aliphatic carbocycles. The van der Waals surface area contributed by atoms with Gasteiger partial charge in [0.05, 0.1) is 18.8 Å². The molecule has 19 heavy (non-hydrogen) atoms. The van der Waals surface area contributed by atoms with Gasteiger partial charge in [-0.3, -0.25) is 9.48 Å². The quantitative estimate of drug-likeness (QED) is 0.740. The zero-order valence-corrected chi connectivity index (χ0v) is 12.1. The van der Waals surface area contributed by atoms with Gasteiger partial charge in [-0.25, -0.2) is 0 Å². The Morgan fingerprint density at radius 1 is 1.47 bits per heavy atom. The molecule has 1 aliphatic rings. The van der Waals surface area contributed by atoms with Crippen molar-refractivity contribution >= 4 is 5.91 Å². The van der Waals surface area contributed by atoms with Crippen LogP contribution in [0.15, 0.2) is 12.4 Å². The largest absolute Gasteiger partial charge is 0.338 e. The summed E-state index contributed by atoms with van der Waals surface area (Å²) in [6, 6.07) is 0.341. The third-order valence-corrected chi connectivity index (χ3v) is 3.85. The van der Waals surface area contributed by atoms with Crippen molar-refractivity contribution in [2.75, 3.05) is 6.54 Å². The highest BCUT2D eigenvalue weighted by Crippen LogP contribution is 2.20. The summed E-state index contributed by atoms with van der Waals surface area (Å²) in [5.41, 5.74) is 1.18. The zero-order valence-electron chi connectivity index (χ0n) is 12.1. The van der Waals surface area contributed by atoms with E-state index in [1.807, 2.05) is 17.8 Å². The number of aromatic nitrogens is 2. The molecule has 106 valence electrons. The Balaban J connectivity index is 1.87. The summed E-state index contributed by atoms with van der Waals surface area (Å²) in [5, 5.41) is 4.33. The third kappa shape index (κ3) is 3.82. The van der Waals surface area contributed by atoms with Crippen molar-refractivity contribution < 1.29 is 4.79 Å². The average molecular weight is 263 g/mol. The van der Waals surface area contributed by atoms with E-state index in [9.17, 15) is 4.79 Å². The first-order chi connectivity index (χ1) is 9.20. The van der Waals surface area contributed by atoms with Crippen LogP contribution in [0.4, 0.5) is 0 Å². The number of carbonyl (C=O) groups is 1. The molecule has 1 atom stereocenters. The van der Waals surface area contributed by atoms with E-state index in [4.69, 9.17) is 0 Å². The minimum absolute atomic E-state index is 0.333. The van der Waals surface area contributed by atoms with Gasteiger partial charge in [-0.2, -0.15) is 5.10 Å². The highest BCUT2D eigenvalue weighted by molar-refractivity contribution is 5.76. The van der Waals surface area contributed by atoms with Gasteiger partial charge in [0.2, 0.25) is 5.91 Å². The second-order valence-electron chi connectivity index (χ2n) is 5.58. The molecule has 1 aromatic rings. The highest BCUT2D eigenvalue weighted by Gasteiger charge is 2.28. The molecule has 0 saturated carbocycles. The fourth-order valence-corrected chi connectivity index (χ4v) is 2.81.